The average molecular weight is 302 g/mol. The number of rotatable bonds is 2. The highest BCUT2D eigenvalue weighted by atomic mass is 19.3. The van der Waals surface area contributed by atoms with E-state index in [1.54, 1.807) is 0 Å². The molecule has 2 N–H and O–H groups in total. The summed E-state index contributed by atoms with van der Waals surface area (Å²) in [6, 6.07) is 5.08. The molecule has 0 amide bonds. The van der Waals surface area contributed by atoms with Gasteiger partial charge in [-0.3, -0.25) is 0 Å². The van der Waals surface area contributed by atoms with Crippen molar-refractivity contribution in [2.75, 3.05) is 6.67 Å². The zero-order valence-electron chi connectivity index (χ0n) is 11.0. The molecule has 1 aliphatic heterocycles. The Morgan fingerprint density at radius 2 is 2.00 bits per heavy atom. The molecule has 0 unspecified atom stereocenters. The summed E-state index contributed by atoms with van der Waals surface area (Å²) >= 11 is 0. The lowest BCUT2D eigenvalue weighted by Crippen LogP contribution is -2.48. The second kappa shape index (κ2) is 4.61. The molecule has 0 radical (unpaired) electrons. The number of nitrogens with zero attached hydrogens (tertiary/aromatic N) is 1. The first-order valence-corrected chi connectivity index (χ1v) is 6.59. The standard InChI is InChI=1S/C14H14F4N2O/c15-7-14(8-3-1-2-4-10(8)16)9-5-13(17,18)6-11(9)21-12(19)20-14/h1-4,9,11H,5-7H2,(H2,19,20)/t9-,11+,14+/m0/s1. The molecule has 1 aliphatic carbocycles. The fourth-order valence-electron chi connectivity index (χ4n) is 3.31. The van der Waals surface area contributed by atoms with Crippen LogP contribution in [-0.4, -0.2) is 24.7 Å². The first-order chi connectivity index (χ1) is 9.88. The molecule has 2 aliphatic rings. The molecule has 3 rings (SSSR count). The van der Waals surface area contributed by atoms with Crippen LogP contribution in [0.2, 0.25) is 0 Å². The normalized spacial score (nSPS) is 34.0. The van der Waals surface area contributed by atoms with E-state index < -0.39 is 48.8 Å². The van der Waals surface area contributed by atoms with Gasteiger partial charge in [-0.25, -0.2) is 22.6 Å². The predicted octanol–water partition coefficient (Wildman–Crippen LogP) is 2.75. The van der Waals surface area contributed by atoms with Crippen molar-refractivity contribution in [3.63, 3.8) is 0 Å². The van der Waals surface area contributed by atoms with Crippen molar-refractivity contribution in [3.05, 3.63) is 35.6 Å². The molecule has 1 aromatic rings. The van der Waals surface area contributed by atoms with Crippen LogP contribution in [0.25, 0.3) is 0 Å². The molecular formula is C14H14F4N2O. The van der Waals surface area contributed by atoms with Crippen LogP contribution in [0.1, 0.15) is 18.4 Å². The van der Waals surface area contributed by atoms with E-state index in [0.29, 0.717) is 0 Å². The fraction of sp³-hybridized carbons (Fsp3) is 0.500. The summed E-state index contributed by atoms with van der Waals surface area (Å²) in [5.41, 5.74) is 3.70. The maximum Gasteiger partial charge on any atom is 0.283 e. The molecule has 3 atom stereocenters. The Morgan fingerprint density at radius 3 is 2.67 bits per heavy atom. The molecule has 1 saturated carbocycles. The van der Waals surface area contributed by atoms with Gasteiger partial charge in [-0.2, -0.15) is 0 Å². The predicted molar refractivity (Wildman–Crippen MR) is 68.2 cm³/mol. The molecule has 7 heteroatoms. The summed E-state index contributed by atoms with van der Waals surface area (Å²) < 4.78 is 60.4. The number of nitrogens with two attached hydrogens (primary N) is 1. The van der Waals surface area contributed by atoms with Gasteiger partial charge in [-0.05, 0) is 6.07 Å². The minimum atomic E-state index is -3.00. The third-order valence-electron chi connectivity index (χ3n) is 4.21. The topological polar surface area (TPSA) is 47.6 Å². The van der Waals surface area contributed by atoms with E-state index in [-0.39, 0.29) is 11.6 Å². The van der Waals surface area contributed by atoms with Gasteiger partial charge in [0.15, 0.2) is 0 Å². The van der Waals surface area contributed by atoms with Crippen molar-refractivity contribution in [1.29, 1.82) is 0 Å². The highest BCUT2D eigenvalue weighted by molar-refractivity contribution is 5.73. The number of hydrogen-bond acceptors (Lipinski definition) is 3. The Kier molecular flexibility index (Phi) is 3.11. The van der Waals surface area contributed by atoms with Gasteiger partial charge in [0.2, 0.25) is 0 Å². The Labute approximate surface area is 118 Å². The first kappa shape index (κ1) is 14.2. The van der Waals surface area contributed by atoms with Crippen molar-refractivity contribution in [2.24, 2.45) is 16.6 Å². The second-order valence-electron chi connectivity index (χ2n) is 5.51. The summed E-state index contributed by atoms with van der Waals surface area (Å²) in [4.78, 5) is 3.90. The van der Waals surface area contributed by atoms with Gasteiger partial charge < -0.3 is 10.5 Å². The molecule has 1 fully saturated rings. The highest BCUT2D eigenvalue weighted by Gasteiger charge is 2.60. The summed E-state index contributed by atoms with van der Waals surface area (Å²) in [7, 11) is 0. The minimum absolute atomic E-state index is 0.0635. The first-order valence-electron chi connectivity index (χ1n) is 6.59. The quantitative estimate of drug-likeness (QED) is 0.854. The van der Waals surface area contributed by atoms with Gasteiger partial charge >= 0.3 is 0 Å². The van der Waals surface area contributed by atoms with Crippen LogP contribution in [0.5, 0.6) is 0 Å². The van der Waals surface area contributed by atoms with Crippen LogP contribution in [0, 0.1) is 11.7 Å². The molecule has 0 spiro atoms. The molecule has 0 bridgehead atoms. The molecule has 114 valence electrons. The van der Waals surface area contributed by atoms with Gasteiger partial charge in [0.1, 0.15) is 24.1 Å². The molecule has 1 aromatic carbocycles. The minimum Gasteiger partial charge on any atom is -0.461 e. The Bertz CT molecular complexity index is 592. The summed E-state index contributed by atoms with van der Waals surface area (Å²) in [6.07, 6.45) is -2.13. The van der Waals surface area contributed by atoms with E-state index in [4.69, 9.17) is 10.5 Å². The zero-order valence-corrected chi connectivity index (χ0v) is 11.0. The number of ether oxygens (including phenoxy) is 1. The van der Waals surface area contributed by atoms with Gasteiger partial charge in [0, 0.05) is 24.3 Å². The lowest BCUT2D eigenvalue weighted by Gasteiger charge is -2.40. The van der Waals surface area contributed by atoms with Gasteiger partial charge in [0.05, 0.1) is 0 Å². The number of amidine groups is 1. The zero-order chi connectivity index (χ0) is 15.3. The van der Waals surface area contributed by atoms with Crippen LogP contribution in [0.3, 0.4) is 0 Å². The number of halogens is 4. The van der Waals surface area contributed by atoms with Crippen LogP contribution in [0.4, 0.5) is 17.6 Å². The van der Waals surface area contributed by atoms with Crippen molar-refractivity contribution < 1.29 is 22.3 Å². The molecular weight excluding hydrogens is 288 g/mol. The largest absolute Gasteiger partial charge is 0.461 e. The third kappa shape index (κ3) is 2.15. The summed E-state index contributed by atoms with van der Waals surface area (Å²) in [6.45, 7) is -1.12. The van der Waals surface area contributed by atoms with Crippen molar-refractivity contribution in [2.45, 2.75) is 30.4 Å². The van der Waals surface area contributed by atoms with Crippen LogP contribution < -0.4 is 5.73 Å². The van der Waals surface area contributed by atoms with Gasteiger partial charge in [-0.1, -0.05) is 18.2 Å². The molecule has 1 heterocycles. The van der Waals surface area contributed by atoms with E-state index in [1.807, 2.05) is 0 Å². The summed E-state index contributed by atoms with van der Waals surface area (Å²) in [5.74, 6) is -4.65. The van der Waals surface area contributed by atoms with Gasteiger partial charge in [0.25, 0.3) is 11.9 Å². The monoisotopic (exact) mass is 302 g/mol. The van der Waals surface area contributed by atoms with Crippen LogP contribution in [-0.2, 0) is 10.3 Å². The van der Waals surface area contributed by atoms with Gasteiger partial charge in [-0.15, -0.1) is 0 Å². The fourth-order valence-corrected chi connectivity index (χ4v) is 3.31. The van der Waals surface area contributed by atoms with Crippen molar-refractivity contribution in [3.8, 4) is 0 Å². The van der Waals surface area contributed by atoms with E-state index in [9.17, 15) is 17.6 Å². The number of alkyl halides is 3. The Hall–Kier alpha value is -1.79. The molecule has 21 heavy (non-hydrogen) atoms. The lowest BCUT2D eigenvalue weighted by atomic mass is 9.76. The lowest BCUT2D eigenvalue weighted by molar-refractivity contribution is -0.00299. The third-order valence-corrected chi connectivity index (χ3v) is 4.21. The highest BCUT2D eigenvalue weighted by Crippen LogP contribution is 2.52. The number of hydrogen-bond donors (Lipinski definition) is 1. The van der Waals surface area contributed by atoms with Crippen LogP contribution >= 0.6 is 0 Å². The van der Waals surface area contributed by atoms with Crippen molar-refractivity contribution in [1.82, 2.24) is 0 Å². The van der Waals surface area contributed by atoms with E-state index in [1.165, 1.54) is 18.2 Å². The number of aliphatic imine (C=N–C) groups is 1. The van der Waals surface area contributed by atoms with Crippen LogP contribution in [0.15, 0.2) is 29.3 Å². The molecule has 3 nitrogen and oxygen atoms in total. The summed E-state index contributed by atoms with van der Waals surface area (Å²) in [5, 5.41) is 0. The SMILES string of the molecule is NC1=N[C@](CF)(c2ccccc2F)[C@H]2CC(F)(F)C[C@H]2O1. The molecule has 0 aromatic heterocycles. The van der Waals surface area contributed by atoms with E-state index in [2.05, 4.69) is 4.99 Å². The number of benzene rings is 1. The maximum atomic E-state index is 14.1. The van der Waals surface area contributed by atoms with Crippen molar-refractivity contribution >= 4 is 6.02 Å². The Balaban J connectivity index is 2.15. The number of fused-ring (bicyclic) bond motifs is 1. The smallest absolute Gasteiger partial charge is 0.283 e. The Morgan fingerprint density at radius 1 is 1.29 bits per heavy atom. The van der Waals surface area contributed by atoms with E-state index in [0.717, 1.165) is 6.07 Å². The van der Waals surface area contributed by atoms with E-state index >= 15 is 0 Å². The molecule has 0 saturated heterocycles. The average Bonchev–Trinajstić information content (AvgIpc) is 2.72. The second-order valence-corrected chi connectivity index (χ2v) is 5.51. The maximum absolute atomic E-state index is 14.1.